The highest BCUT2D eigenvalue weighted by Gasteiger charge is 2.19. The lowest BCUT2D eigenvalue weighted by Gasteiger charge is -2.19. The summed E-state index contributed by atoms with van der Waals surface area (Å²) < 4.78 is 5.28. The number of benzene rings is 1. The van der Waals surface area contributed by atoms with Crippen LogP contribution in [0.5, 0.6) is 0 Å². The number of nitrogens with one attached hydrogen (secondary N) is 2. The third kappa shape index (κ3) is 4.98. The van der Waals surface area contributed by atoms with E-state index in [1.54, 1.807) is 12.3 Å². The van der Waals surface area contributed by atoms with Gasteiger partial charge in [-0.05, 0) is 31.5 Å². The highest BCUT2D eigenvalue weighted by Crippen LogP contribution is 2.19. The normalized spacial score (nSPS) is 13.2. The quantitative estimate of drug-likeness (QED) is 0.861. The average Bonchev–Trinajstić information content (AvgIpc) is 3.01. The van der Waals surface area contributed by atoms with Crippen molar-refractivity contribution in [1.29, 1.82) is 0 Å². The Morgan fingerprint density at radius 2 is 1.83 bits per heavy atom. The number of carbonyl (C=O) groups is 2. The van der Waals surface area contributed by atoms with Crippen molar-refractivity contribution in [2.75, 3.05) is 0 Å². The third-order valence-corrected chi connectivity index (χ3v) is 3.59. The molecule has 1 aromatic carbocycles. The Hall–Kier alpha value is -2.56. The minimum absolute atomic E-state index is 0.145. The summed E-state index contributed by atoms with van der Waals surface area (Å²) in [4.78, 5) is 23.7. The molecule has 2 amide bonds. The lowest BCUT2D eigenvalue weighted by Crippen LogP contribution is -2.33. The Labute approximate surface area is 136 Å². The van der Waals surface area contributed by atoms with Gasteiger partial charge in [0.25, 0.3) is 0 Å². The summed E-state index contributed by atoms with van der Waals surface area (Å²) in [7, 11) is 0. The molecule has 122 valence electrons. The lowest BCUT2D eigenvalue weighted by atomic mass is 10.0. The van der Waals surface area contributed by atoms with Crippen LogP contribution in [-0.2, 0) is 9.59 Å². The van der Waals surface area contributed by atoms with Gasteiger partial charge in [0.05, 0.1) is 24.8 Å². The SMILES string of the molecule is CC(=O)N[C@H](CC(=O)N[C@@H](C)c1ccco1)c1ccc(C)cc1. The molecule has 0 saturated carbocycles. The van der Waals surface area contributed by atoms with Crippen molar-refractivity contribution in [2.24, 2.45) is 0 Å². The maximum atomic E-state index is 12.3. The average molecular weight is 314 g/mol. The fraction of sp³-hybridized carbons (Fsp3) is 0.333. The van der Waals surface area contributed by atoms with E-state index in [1.807, 2.05) is 44.2 Å². The molecular formula is C18H22N2O3. The zero-order valence-electron chi connectivity index (χ0n) is 13.6. The molecule has 1 heterocycles. The molecule has 0 unspecified atom stereocenters. The van der Waals surface area contributed by atoms with Gasteiger partial charge in [-0.15, -0.1) is 0 Å². The first kappa shape index (κ1) is 16.8. The van der Waals surface area contributed by atoms with Gasteiger partial charge in [0.1, 0.15) is 5.76 Å². The van der Waals surface area contributed by atoms with Crippen LogP contribution in [-0.4, -0.2) is 11.8 Å². The van der Waals surface area contributed by atoms with Gasteiger partial charge in [0.15, 0.2) is 0 Å². The van der Waals surface area contributed by atoms with Gasteiger partial charge in [-0.2, -0.15) is 0 Å². The molecule has 2 aromatic rings. The standard InChI is InChI=1S/C18H22N2O3/c1-12-6-8-15(9-7-12)16(20-14(3)21)11-18(22)19-13(2)17-5-4-10-23-17/h4-10,13,16H,11H2,1-3H3,(H,19,22)(H,20,21)/t13-,16+/m0/s1. The molecule has 23 heavy (non-hydrogen) atoms. The van der Waals surface area contributed by atoms with Crippen LogP contribution in [0, 0.1) is 6.92 Å². The Balaban J connectivity index is 2.03. The number of furan rings is 1. The van der Waals surface area contributed by atoms with Gasteiger partial charge in [-0.1, -0.05) is 29.8 Å². The van der Waals surface area contributed by atoms with Gasteiger partial charge in [0.2, 0.25) is 11.8 Å². The Morgan fingerprint density at radius 1 is 1.13 bits per heavy atom. The number of hydrogen-bond acceptors (Lipinski definition) is 3. The number of carbonyl (C=O) groups excluding carboxylic acids is 2. The van der Waals surface area contributed by atoms with Gasteiger partial charge in [-0.25, -0.2) is 0 Å². The molecular weight excluding hydrogens is 292 g/mol. The van der Waals surface area contributed by atoms with Gasteiger partial charge < -0.3 is 15.1 Å². The summed E-state index contributed by atoms with van der Waals surface area (Å²) in [5.41, 5.74) is 2.04. The van der Waals surface area contributed by atoms with Gasteiger partial charge in [0, 0.05) is 6.92 Å². The number of amides is 2. The maximum absolute atomic E-state index is 12.3. The van der Waals surface area contributed by atoms with Crippen LogP contribution in [0.2, 0.25) is 0 Å². The van der Waals surface area contributed by atoms with E-state index in [0.29, 0.717) is 5.76 Å². The van der Waals surface area contributed by atoms with E-state index in [0.717, 1.165) is 11.1 Å². The second-order valence-corrected chi connectivity index (χ2v) is 5.67. The highest BCUT2D eigenvalue weighted by molar-refractivity contribution is 5.79. The van der Waals surface area contributed by atoms with Crippen molar-refractivity contribution in [3.63, 3.8) is 0 Å². The monoisotopic (exact) mass is 314 g/mol. The fourth-order valence-electron chi connectivity index (χ4n) is 2.39. The van der Waals surface area contributed by atoms with E-state index in [9.17, 15) is 9.59 Å². The number of aryl methyl sites for hydroxylation is 1. The Kier molecular flexibility index (Phi) is 5.57. The third-order valence-electron chi connectivity index (χ3n) is 3.59. The predicted molar refractivity (Wildman–Crippen MR) is 87.6 cm³/mol. The zero-order valence-corrected chi connectivity index (χ0v) is 13.6. The molecule has 0 bridgehead atoms. The first-order valence-corrected chi connectivity index (χ1v) is 7.62. The van der Waals surface area contributed by atoms with E-state index in [-0.39, 0.29) is 30.3 Å². The predicted octanol–water partition coefficient (Wildman–Crippen LogP) is 3.03. The summed E-state index contributed by atoms with van der Waals surface area (Å²) in [6.45, 7) is 5.30. The largest absolute Gasteiger partial charge is 0.467 e. The van der Waals surface area contributed by atoms with Crippen LogP contribution in [0.15, 0.2) is 47.1 Å². The van der Waals surface area contributed by atoms with E-state index in [1.165, 1.54) is 6.92 Å². The van der Waals surface area contributed by atoms with Crippen LogP contribution in [0.25, 0.3) is 0 Å². The molecule has 2 atom stereocenters. The molecule has 0 radical (unpaired) electrons. The Bertz CT molecular complexity index is 647. The molecule has 0 aliphatic rings. The minimum atomic E-state index is -0.350. The zero-order chi connectivity index (χ0) is 16.8. The maximum Gasteiger partial charge on any atom is 0.222 e. The molecule has 2 rings (SSSR count). The molecule has 5 nitrogen and oxygen atoms in total. The topological polar surface area (TPSA) is 71.3 Å². The molecule has 1 aromatic heterocycles. The van der Waals surface area contributed by atoms with Crippen LogP contribution < -0.4 is 10.6 Å². The van der Waals surface area contributed by atoms with Crippen LogP contribution in [0.3, 0.4) is 0 Å². The fourth-order valence-corrected chi connectivity index (χ4v) is 2.39. The van der Waals surface area contributed by atoms with Crippen LogP contribution in [0.1, 0.15) is 49.2 Å². The smallest absolute Gasteiger partial charge is 0.222 e. The van der Waals surface area contributed by atoms with E-state index in [2.05, 4.69) is 10.6 Å². The second-order valence-electron chi connectivity index (χ2n) is 5.67. The van der Waals surface area contributed by atoms with Crippen molar-refractivity contribution in [2.45, 2.75) is 39.3 Å². The molecule has 0 aliphatic heterocycles. The number of hydrogen-bond donors (Lipinski definition) is 2. The summed E-state index contributed by atoms with van der Waals surface area (Å²) in [5.74, 6) is 0.389. The van der Waals surface area contributed by atoms with Crippen molar-refractivity contribution in [3.05, 3.63) is 59.5 Å². The van der Waals surface area contributed by atoms with Crippen molar-refractivity contribution in [1.82, 2.24) is 10.6 Å². The van der Waals surface area contributed by atoms with E-state index < -0.39 is 0 Å². The van der Waals surface area contributed by atoms with Crippen molar-refractivity contribution in [3.8, 4) is 0 Å². The second kappa shape index (κ2) is 7.63. The number of rotatable bonds is 6. The van der Waals surface area contributed by atoms with Crippen LogP contribution >= 0.6 is 0 Å². The summed E-state index contributed by atoms with van der Waals surface area (Å²) in [6, 6.07) is 10.8. The minimum Gasteiger partial charge on any atom is -0.467 e. The van der Waals surface area contributed by atoms with Crippen molar-refractivity contribution >= 4 is 11.8 Å². The molecule has 0 spiro atoms. The molecule has 0 fully saturated rings. The summed E-state index contributed by atoms with van der Waals surface area (Å²) in [5, 5.41) is 5.71. The first-order valence-electron chi connectivity index (χ1n) is 7.62. The van der Waals surface area contributed by atoms with E-state index >= 15 is 0 Å². The van der Waals surface area contributed by atoms with Gasteiger partial charge in [-0.3, -0.25) is 9.59 Å². The molecule has 0 aliphatic carbocycles. The molecule has 5 heteroatoms. The lowest BCUT2D eigenvalue weighted by molar-refractivity contribution is -0.123. The molecule has 0 saturated heterocycles. The Morgan fingerprint density at radius 3 is 2.39 bits per heavy atom. The van der Waals surface area contributed by atoms with Crippen molar-refractivity contribution < 1.29 is 14.0 Å². The van der Waals surface area contributed by atoms with Crippen LogP contribution in [0.4, 0.5) is 0 Å². The van der Waals surface area contributed by atoms with E-state index in [4.69, 9.17) is 4.42 Å². The summed E-state index contributed by atoms with van der Waals surface area (Å²) in [6.07, 6.45) is 1.75. The van der Waals surface area contributed by atoms with Gasteiger partial charge >= 0.3 is 0 Å². The summed E-state index contributed by atoms with van der Waals surface area (Å²) >= 11 is 0. The highest BCUT2D eigenvalue weighted by atomic mass is 16.3. The first-order chi connectivity index (χ1) is 11.0. The molecule has 2 N–H and O–H groups in total.